The van der Waals surface area contributed by atoms with Crippen molar-refractivity contribution in [2.45, 2.75) is 32.2 Å². The molecule has 0 fully saturated rings. The van der Waals surface area contributed by atoms with E-state index in [1.807, 2.05) is 53.9 Å². The molecule has 0 bridgehead atoms. The molecule has 3 aromatic rings. The second kappa shape index (κ2) is 9.19. The summed E-state index contributed by atoms with van der Waals surface area (Å²) in [4.78, 5) is 16.8. The van der Waals surface area contributed by atoms with Gasteiger partial charge in [0, 0.05) is 16.1 Å². The van der Waals surface area contributed by atoms with Crippen molar-refractivity contribution in [2.24, 2.45) is 5.73 Å². The molecule has 4 N–H and O–H groups in total. The summed E-state index contributed by atoms with van der Waals surface area (Å²) < 4.78 is 0. The number of benzene rings is 2. The van der Waals surface area contributed by atoms with Crippen LogP contribution >= 0.6 is 22.9 Å². The Morgan fingerprint density at radius 1 is 1.14 bits per heavy atom. The third-order valence-corrected chi connectivity index (χ3v) is 5.35. The fourth-order valence-corrected chi connectivity index (χ4v) is 3.75. The average molecular weight is 415 g/mol. The Morgan fingerprint density at radius 2 is 1.86 bits per heavy atom. The monoisotopic (exact) mass is 414 g/mol. The molecule has 28 heavy (non-hydrogen) atoms. The van der Waals surface area contributed by atoms with Gasteiger partial charge in [0.2, 0.25) is 0 Å². The number of nitrogens with one attached hydrogen (secondary N) is 2. The molecule has 1 unspecified atom stereocenters. The van der Waals surface area contributed by atoms with Gasteiger partial charge in [0.25, 0.3) is 0 Å². The average Bonchev–Trinajstić information content (AvgIpc) is 3.12. The molecule has 0 saturated heterocycles. The number of hydrogen-bond donors (Lipinski definition) is 3. The molecule has 1 heterocycles. The molecular weight excluding hydrogens is 392 g/mol. The molecule has 2 aromatic carbocycles. The minimum atomic E-state index is -0.319. The Balaban J connectivity index is 1.61. The minimum absolute atomic E-state index is 0.252. The van der Waals surface area contributed by atoms with E-state index in [0.717, 1.165) is 22.5 Å². The van der Waals surface area contributed by atoms with Crippen LogP contribution in [-0.2, 0) is 6.42 Å². The molecule has 3 rings (SSSR count). The first kappa shape index (κ1) is 20.3. The maximum absolute atomic E-state index is 12.4. The van der Waals surface area contributed by atoms with Crippen molar-refractivity contribution < 1.29 is 4.79 Å². The zero-order chi connectivity index (χ0) is 20.1. The van der Waals surface area contributed by atoms with Crippen LogP contribution in [-0.4, -0.2) is 11.0 Å². The van der Waals surface area contributed by atoms with Crippen LogP contribution in [0.1, 0.15) is 42.6 Å². The molecule has 0 saturated carbocycles. The zero-order valence-electron chi connectivity index (χ0n) is 15.8. The number of halogens is 1. The van der Waals surface area contributed by atoms with Crippen LogP contribution in [0, 0.1) is 0 Å². The molecule has 0 radical (unpaired) electrons. The molecule has 1 atom stereocenters. The summed E-state index contributed by atoms with van der Waals surface area (Å²) in [6.07, 6.45) is 0.647. The quantitative estimate of drug-likeness (QED) is 0.476. The van der Waals surface area contributed by atoms with Crippen LogP contribution < -0.4 is 16.4 Å². The van der Waals surface area contributed by atoms with Crippen LogP contribution in [0.4, 0.5) is 15.6 Å². The molecule has 146 valence electrons. The lowest BCUT2D eigenvalue weighted by Crippen LogP contribution is -2.20. The van der Waals surface area contributed by atoms with Gasteiger partial charge in [0.05, 0.1) is 11.7 Å². The summed E-state index contributed by atoms with van der Waals surface area (Å²) in [7, 11) is 0. The third kappa shape index (κ3) is 5.32. The highest BCUT2D eigenvalue weighted by Crippen LogP contribution is 2.25. The molecule has 0 spiro atoms. The molecule has 7 heteroatoms. The lowest BCUT2D eigenvalue weighted by molar-refractivity contribution is 0.262. The Labute approximate surface area is 173 Å². The van der Waals surface area contributed by atoms with Crippen molar-refractivity contribution in [3.8, 4) is 0 Å². The molecule has 0 aliphatic rings. The van der Waals surface area contributed by atoms with E-state index in [9.17, 15) is 4.79 Å². The van der Waals surface area contributed by atoms with Crippen LogP contribution in [0.15, 0.2) is 53.9 Å². The van der Waals surface area contributed by atoms with Gasteiger partial charge in [-0.05, 0) is 41.7 Å². The van der Waals surface area contributed by atoms with E-state index in [1.54, 1.807) is 0 Å². The number of anilines is 2. The number of carbonyl (C=O) groups is 1. The van der Waals surface area contributed by atoms with E-state index in [0.29, 0.717) is 22.5 Å². The first-order chi connectivity index (χ1) is 13.4. The number of hydrogen-bond acceptors (Lipinski definition) is 4. The summed E-state index contributed by atoms with van der Waals surface area (Å²) in [5, 5.41) is 8.77. The number of aromatic nitrogens is 1. The Kier molecular flexibility index (Phi) is 6.67. The maximum Gasteiger partial charge on any atom is 0.325 e. The summed E-state index contributed by atoms with van der Waals surface area (Å²) in [6, 6.07) is 14.8. The van der Waals surface area contributed by atoms with E-state index in [2.05, 4.69) is 29.5 Å². The van der Waals surface area contributed by atoms with Gasteiger partial charge in [-0.15, -0.1) is 11.3 Å². The largest absolute Gasteiger partial charge is 0.325 e. The first-order valence-electron chi connectivity index (χ1n) is 9.04. The highest BCUT2D eigenvalue weighted by molar-refractivity contribution is 7.13. The maximum atomic E-state index is 12.4. The van der Waals surface area contributed by atoms with Gasteiger partial charge in [-0.2, -0.15) is 0 Å². The highest BCUT2D eigenvalue weighted by Gasteiger charge is 2.14. The second-order valence-electron chi connectivity index (χ2n) is 6.84. The van der Waals surface area contributed by atoms with Gasteiger partial charge >= 0.3 is 6.03 Å². The Morgan fingerprint density at radius 3 is 2.57 bits per heavy atom. The van der Waals surface area contributed by atoms with Crippen molar-refractivity contribution >= 4 is 39.8 Å². The lowest BCUT2D eigenvalue weighted by Gasteiger charge is -2.13. The molecule has 5 nitrogen and oxygen atoms in total. The molecule has 1 aromatic heterocycles. The number of nitrogens with zero attached hydrogens (tertiary/aromatic N) is 1. The van der Waals surface area contributed by atoms with Crippen molar-refractivity contribution in [3.63, 3.8) is 0 Å². The number of rotatable bonds is 6. The lowest BCUT2D eigenvalue weighted by atomic mass is 10.0. The smallest absolute Gasteiger partial charge is 0.322 e. The number of carbonyl (C=O) groups excluding carboxylic acids is 1. The van der Waals surface area contributed by atoms with E-state index >= 15 is 0 Å². The van der Waals surface area contributed by atoms with Crippen LogP contribution in [0.25, 0.3) is 0 Å². The number of amides is 2. The van der Waals surface area contributed by atoms with Crippen molar-refractivity contribution in [3.05, 3.63) is 75.8 Å². The van der Waals surface area contributed by atoms with Crippen molar-refractivity contribution in [2.75, 3.05) is 10.6 Å². The fraction of sp³-hybridized carbons (Fsp3) is 0.238. The van der Waals surface area contributed by atoms with Gasteiger partial charge in [-0.3, -0.25) is 5.32 Å². The number of urea groups is 1. The predicted octanol–water partition coefficient (Wildman–Crippen LogP) is 5.81. The summed E-state index contributed by atoms with van der Waals surface area (Å²) in [5.41, 5.74) is 9.99. The summed E-state index contributed by atoms with van der Waals surface area (Å²) >= 11 is 7.27. The fourth-order valence-electron chi connectivity index (χ4n) is 2.86. The van der Waals surface area contributed by atoms with Gasteiger partial charge in [0.15, 0.2) is 5.13 Å². The van der Waals surface area contributed by atoms with Gasteiger partial charge < -0.3 is 11.1 Å². The van der Waals surface area contributed by atoms with E-state index in [1.165, 1.54) is 11.3 Å². The Hall–Kier alpha value is -2.41. The van der Waals surface area contributed by atoms with E-state index in [-0.39, 0.29) is 12.1 Å². The summed E-state index contributed by atoms with van der Waals surface area (Å²) in [6.45, 7) is 4.18. The number of nitrogens with two attached hydrogens (primary N) is 1. The minimum Gasteiger partial charge on any atom is -0.322 e. The van der Waals surface area contributed by atoms with Gasteiger partial charge in [-0.1, -0.05) is 55.8 Å². The zero-order valence-corrected chi connectivity index (χ0v) is 17.3. The Bertz CT molecular complexity index is 940. The first-order valence-corrected chi connectivity index (χ1v) is 10.3. The molecule has 0 aliphatic heterocycles. The predicted molar refractivity (Wildman–Crippen MR) is 117 cm³/mol. The van der Waals surface area contributed by atoms with E-state index < -0.39 is 0 Å². The van der Waals surface area contributed by atoms with Crippen LogP contribution in [0.5, 0.6) is 0 Å². The molecule has 2 amide bonds. The SMILES string of the molecule is CC(C)c1ccccc1NC(=O)Nc1nc(C(N)Cc2ccc(Cl)cc2)cs1. The van der Waals surface area contributed by atoms with Gasteiger partial charge in [-0.25, -0.2) is 9.78 Å². The van der Waals surface area contributed by atoms with Crippen LogP contribution in [0.3, 0.4) is 0 Å². The van der Waals surface area contributed by atoms with Gasteiger partial charge in [0.1, 0.15) is 0 Å². The topological polar surface area (TPSA) is 80.0 Å². The van der Waals surface area contributed by atoms with Crippen molar-refractivity contribution in [1.29, 1.82) is 0 Å². The third-order valence-electron chi connectivity index (χ3n) is 4.32. The molecular formula is C21H23ClN4OS. The standard InChI is InChI=1S/C21H23ClN4OS/c1-13(2)16-5-3-4-6-18(16)24-20(27)26-21-25-19(12-28-21)17(23)11-14-7-9-15(22)10-8-14/h3-10,12-13,17H,11,23H2,1-2H3,(H2,24,25,26,27). The van der Waals surface area contributed by atoms with Crippen LogP contribution in [0.2, 0.25) is 5.02 Å². The number of para-hydroxylation sites is 1. The second-order valence-corrected chi connectivity index (χ2v) is 8.13. The van der Waals surface area contributed by atoms with E-state index in [4.69, 9.17) is 17.3 Å². The number of thiazole rings is 1. The normalized spacial score (nSPS) is 12.0. The van der Waals surface area contributed by atoms with Crippen molar-refractivity contribution in [1.82, 2.24) is 4.98 Å². The highest BCUT2D eigenvalue weighted by atomic mass is 35.5. The summed E-state index contributed by atoms with van der Waals surface area (Å²) in [5.74, 6) is 0.314. The molecule has 0 aliphatic carbocycles.